The van der Waals surface area contributed by atoms with Gasteiger partial charge in [-0.15, -0.1) is 0 Å². The van der Waals surface area contributed by atoms with Gasteiger partial charge in [0.1, 0.15) is 6.33 Å². The molecule has 36 heavy (non-hydrogen) atoms. The second-order valence-electron chi connectivity index (χ2n) is 9.09. The molecule has 3 N–H and O–H groups in total. The molecule has 0 aromatic carbocycles. The van der Waals surface area contributed by atoms with E-state index in [0.29, 0.717) is 40.9 Å². The highest BCUT2D eigenvalue weighted by Gasteiger charge is 2.19. The Bertz CT molecular complexity index is 1390. The lowest BCUT2D eigenvalue weighted by Crippen LogP contribution is -2.33. The third kappa shape index (κ3) is 5.23. The quantitative estimate of drug-likeness (QED) is 0.335. The van der Waals surface area contributed by atoms with Crippen molar-refractivity contribution in [3.05, 3.63) is 48.4 Å². The first-order valence-corrected chi connectivity index (χ1v) is 11.9. The van der Waals surface area contributed by atoms with Gasteiger partial charge in [-0.05, 0) is 31.9 Å². The third-order valence-corrected chi connectivity index (χ3v) is 6.22. The number of nitrogens with one attached hydrogen (secondary N) is 3. The minimum Gasteiger partial charge on any atom is -0.351 e. The van der Waals surface area contributed by atoms with Crippen molar-refractivity contribution in [2.45, 2.75) is 20.3 Å². The molecule has 0 aliphatic carbocycles. The molecule has 4 aromatic heterocycles. The van der Waals surface area contributed by atoms with Gasteiger partial charge in [-0.2, -0.15) is 10.1 Å². The second kappa shape index (κ2) is 10.2. The Morgan fingerprint density at radius 2 is 2.00 bits per heavy atom. The largest absolute Gasteiger partial charge is 0.351 e. The standard InChI is InChI=1S/C24H29N11O.3H2/c1-15-4-6-35(13-15)7-5-27-23(36)17-8-20(16(2)28-9-17)31-21-19-12-29-24(32-22(19)34(3)33-21)30-18-10-25-14-26-11-18;;;/h8-12,14-15H,4-7,13H2,1-3H3,(H,27,36)(H,31,33)(H,29,30,32);3*1H/t15-;;;/m1.../s1. The number of amides is 1. The molecule has 0 bridgehead atoms. The van der Waals surface area contributed by atoms with Crippen molar-refractivity contribution in [1.29, 1.82) is 0 Å². The van der Waals surface area contributed by atoms with Gasteiger partial charge in [0.2, 0.25) is 5.95 Å². The van der Waals surface area contributed by atoms with Gasteiger partial charge >= 0.3 is 0 Å². The maximum atomic E-state index is 12.7. The number of aryl methyl sites for hydroxylation is 2. The molecule has 0 saturated carbocycles. The SMILES string of the molecule is Cc1ncc(C(=O)NCCN2CC[C@@H](C)C2)cc1Nc1nn(C)c2nc(Nc3cncnc3)ncc12.[HH].[HH].[HH]. The molecule has 12 nitrogen and oxygen atoms in total. The summed E-state index contributed by atoms with van der Waals surface area (Å²) in [5.74, 6) is 1.57. The van der Waals surface area contributed by atoms with Crippen LogP contribution in [0.4, 0.5) is 23.1 Å². The summed E-state index contributed by atoms with van der Waals surface area (Å²) in [4.78, 5) is 36.5. The third-order valence-electron chi connectivity index (χ3n) is 6.22. The van der Waals surface area contributed by atoms with E-state index in [9.17, 15) is 4.79 Å². The van der Waals surface area contributed by atoms with Crippen molar-refractivity contribution < 1.29 is 9.07 Å². The molecule has 4 aromatic rings. The molecular weight excluding hydrogens is 458 g/mol. The Labute approximate surface area is 213 Å². The molecular formula is C24H35N11O. The fraction of sp³-hybridized carbons (Fsp3) is 0.375. The van der Waals surface area contributed by atoms with Gasteiger partial charge in [0.25, 0.3) is 5.91 Å². The minimum absolute atomic E-state index is 0. The maximum Gasteiger partial charge on any atom is 0.252 e. The number of anilines is 4. The number of hydrogen-bond donors (Lipinski definition) is 3. The summed E-state index contributed by atoms with van der Waals surface area (Å²) >= 11 is 0. The van der Waals surface area contributed by atoms with Crippen LogP contribution >= 0.6 is 0 Å². The van der Waals surface area contributed by atoms with Crippen molar-refractivity contribution in [3.63, 3.8) is 0 Å². The summed E-state index contributed by atoms with van der Waals surface area (Å²) in [7, 11) is 1.81. The lowest BCUT2D eigenvalue weighted by Gasteiger charge is -2.15. The summed E-state index contributed by atoms with van der Waals surface area (Å²) in [6, 6.07) is 1.79. The van der Waals surface area contributed by atoms with E-state index in [1.807, 2.05) is 14.0 Å². The smallest absolute Gasteiger partial charge is 0.252 e. The molecule has 0 spiro atoms. The van der Waals surface area contributed by atoms with Gasteiger partial charge in [-0.25, -0.2) is 19.6 Å². The monoisotopic (exact) mass is 493 g/mol. The molecule has 1 amide bonds. The molecule has 1 fully saturated rings. The number of rotatable bonds is 8. The van der Waals surface area contributed by atoms with Crippen LogP contribution in [0.1, 0.15) is 33.7 Å². The van der Waals surface area contributed by atoms with E-state index in [2.05, 4.69) is 57.8 Å². The van der Waals surface area contributed by atoms with Crippen LogP contribution in [0, 0.1) is 12.8 Å². The lowest BCUT2D eigenvalue weighted by atomic mass is 10.2. The maximum absolute atomic E-state index is 12.7. The molecule has 5 rings (SSSR count). The van der Waals surface area contributed by atoms with E-state index in [-0.39, 0.29) is 10.2 Å². The highest BCUT2D eigenvalue weighted by molar-refractivity contribution is 5.96. The Hall–Kier alpha value is -4.19. The average Bonchev–Trinajstić information content (AvgIpc) is 3.43. The highest BCUT2D eigenvalue weighted by atomic mass is 16.1. The number of likely N-dealkylation sites (tertiary alicyclic amines) is 1. The van der Waals surface area contributed by atoms with Gasteiger partial charge in [0, 0.05) is 43.4 Å². The predicted molar refractivity (Wildman–Crippen MR) is 143 cm³/mol. The topological polar surface area (TPSA) is 139 Å². The zero-order valence-electron chi connectivity index (χ0n) is 20.6. The predicted octanol–water partition coefficient (Wildman–Crippen LogP) is 3.15. The highest BCUT2D eigenvalue weighted by Crippen LogP contribution is 2.26. The number of fused-ring (bicyclic) bond motifs is 1. The van der Waals surface area contributed by atoms with Crippen molar-refractivity contribution in [2.24, 2.45) is 13.0 Å². The van der Waals surface area contributed by atoms with E-state index in [1.165, 1.54) is 12.7 Å². The van der Waals surface area contributed by atoms with Crippen LogP contribution in [-0.4, -0.2) is 71.7 Å². The minimum atomic E-state index is -0.146. The zero-order valence-corrected chi connectivity index (χ0v) is 20.6. The summed E-state index contributed by atoms with van der Waals surface area (Å²) in [5, 5.41) is 14.7. The number of pyridine rings is 1. The Balaban J connectivity index is 0.00000178. The molecule has 1 aliphatic heterocycles. The molecule has 1 saturated heterocycles. The molecule has 1 atom stereocenters. The molecule has 0 radical (unpaired) electrons. The van der Waals surface area contributed by atoms with E-state index in [4.69, 9.17) is 0 Å². The van der Waals surface area contributed by atoms with Crippen LogP contribution < -0.4 is 16.0 Å². The Kier molecular flexibility index (Phi) is 6.67. The fourth-order valence-electron chi connectivity index (χ4n) is 4.25. The van der Waals surface area contributed by atoms with Gasteiger partial charge < -0.3 is 20.9 Å². The normalized spacial score (nSPS) is 15.8. The van der Waals surface area contributed by atoms with E-state index < -0.39 is 0 Å². The van der Waals surface area contributed by atoms with E-state index in [0.717, 1.165) is 36.6 Å². The van der Waals surface area contributed by atoms with Crippen LogP contribution in [-0.2, 0) is 7.05 Å². The molecule has 192 valence electrons. The number of carbonyl (C=O) groups excluding carboxylic acids is 1. The van der Waals surface area contributed by atoms with E-state index >= 15 is 0 Å². The van der Waals surface area contributed by atoms with Crippen molar-refractivity contribution in [3.8, 4) is 0 Å². The number of nitrogens with zero attached hydrogens (tertiary/aromatic N) is 8. The first-order chi connectivity index (χ1) is 17.5. The zero-order chi connectivity index (χ0) is 25.1. The summed E-state index contributed by atoms with van der Waals surface area (Å²) < 4.78 is 1.67. The van der Waals surface area contributed by atoms with Crippen LogP contribution in [0.25, 0.3) is 11.0 Å². The van der Waals surface area contributed by atoms with Crippen LogP contribution in [0.2, 0.25) is 0 Å². The molecule has 12 heteroatoms. The van der Waals surface area contributed by atoms with E-state index in [1.54, 1.807) is 35.5 Å². The van der Waals surface area contributed by atoms with Gasteiger partial charge in [-0.3, -0.25) is 9.78 Å². The second-order valence-corrected chi connectivity index (χ2v) is 9.09. The summed E-state index contributed by atoms with van der Waals surface area (Å²) in [5.41, 5.74) is 3.26. The first kappa shape index (κ1) is 23.5. The number of carbonyl (C=O) groups is 1. The fourth-order valence-corrected chi connectivity index (χ4v) is 4.25. The van der Waals surface area contributed by atoms with Crippen molar-refractivity contribution >= 4 is 40.1 Å². The van der Waals surface area contributed by atoms with Gasteiger partial charge in [0.15, 0.2) is 11.5 Å². The average molecular weight is 494 g/mol. The first-order valence-electron chi connectivity index (χ1n) is 11.9. The summed E-state index contributed by atoms with van der Waals surface area (Å²) in [6.07, 6.45) is 9.25. The van der Waals surface area contributed by atoms with Crippen molar-refractivity contribution in [2.75, 3.05) is 36.8 Å². The number of aromatic nitrogens is 7. The molecule has 1 aliphatic rings. The number of hydrogen-bond acceptors (Lipinski definition) is 10. The van der Waals surface area contributed by atoms with Crippen LogP contribution in [0.3, 0.4) is 0 Å². The molecule has 0 unspecified atom stereocenters. The van der Waals surface area contributed by atoms with Gasteiger partial charge in [0.05, 0.1) is 40.4 Å². The Morgan fingerprint density at radius 3 is 2.78 bits per heavy atom. The van der Waals surface area contributed by atoms with Crippen molar-refractivity contribution in [1.82, 2.24) is 44.9 Å². The summed E-state index contributed by atoms with van der Waals surface area (Å²) in [6.45, 7) is 7.79. The molecule has 5 heterocycles. The van der Waals surface area contributed by atoms with Crippen LogP contribution in [0.15, 0.2) is 37.2 Å². The Morgan fingerprint density at radius 1 is 1.17 bits per heavy atom. The van der Waals surface area contributed by atoms with Crippen LogP contribution in [0.5, 0.6) is 0 Å². The lowest BCUT2D eigenvalue weighted by molar-refractivity contribution is 0.0949. The van der Waals surface area contributed by atoms with Gasteiger partial charge in [-0.1, -0.05) is 6.92 Å².